The number of nitriles is 1. The monoisotopic (exact) mass is 527 g/mol. The van der Waals surface area contributed by atoms with E-state index in [4.69, 9.17) is 16.9 Å². The first-order chi connectivity index (χ1) is 16.9. The molecule has 186 valence electrons. The maximum Gasteiger partial charge on any atom is 0.274 e. The normalized spacial score (nSPS) is 12.6. The van der Waals surface area contributed by atoms with Crippen LogP contribution in [0.2, 0.25) is 5.02 Å². The van der Waals surface area contributed by atoms with Crippen LogP contribution in [0.4, 0.5) is 10.2 Å². The number of benzene rings is 2. The molecule has 0 aliphatic carbocycles. The van der Waals surface area contributed by atoms with Crippen LogP contribution >= 0.6 is 11.6 Å². The zero-order chi connectivity index (χ0) is 26.1. The molecule has 8 nitrogen and oxygen atoms in total. The third kappa shape index (κ3) is 5.76. The fourth-order valence-electron chi connectivity index (χ4n) is 3.62. The fourth-order valence-corrected chi connectivity index (χ4v) is 4.52. The summed E-state index contributed by atoms with van der Waals surface area (Å²) in [6.45, 7) is 0.178. The molecule has 4 rings (SSSR count). The third-order valence-electron chi connectivity index (χ3n) is 5.45. The Bertz CT molecular complexity index is 1630. The highest BCUT2D eigenvalue weighted by Gasteiger charge is 2.20. The molecule has 0 unspecified atom stereocenters. The highest BCUT2D eigenvalue weighted by molar-refractivity contribution is 8.13. The van der Waals surface area contributed by atoms with Crippen molar-refractivity contribution >= 4 is 37.5 Å². The minimum absolute atomic E-state index is 0.00502. The molecule has 2 heterocycles. The maximum atomic E-state index is 15.3. The highest BCUT2D eigenvalue weighted by Crippen LogP contribution is 2.31. The summed E-state index contributed by atoms with van der Waals surface area (Å²) in [4.78, 5) is 17.0. The molecule has 0 bridgehead atoms. The van der Waals surface area contributed by atoms with Gasteiger partial charge in [0.05, 0.1) is 39.9 Å². The molecule has 0 aliphatic rings. The van der Waals surface area contributed by atoms with Gasteiger partial charge < -0.3 is 9.87 Å². The van der Waals surface area contributed by atoms with E-state index in [9.17, 15) is 13.6 Å². The van der Waals surface area contributed by atoms with Crippen LogP contribution in [-0.2, 0) is 15.9 Å². The van der Waals surface area contributed by atoms with E-state index < -0.39 is 15.3 Å². The Morgan fingerprint density at radius 1 is 1.17 bits per heavy atom. The first-order valence-electron chi connectivity index (χ1n) is 10.9. The highest BCUT2D eigenvalue weighted by atomic mass is 35.5. The lowest BCUT2D eigenvalue weighted by Gasteiger charge is -2.33. The molecule has 0 saturated heterocycles. The summed E-state index contributed by atoms with van der Waals surface area (Å²) < 4.78 is 38.4. The van der Waals surface area contributed by atoms with Crippen molar-refractivity contribution in [1.29, 1.82) is 5.26 Å². The lowest BCUT2D eigenvalue weighted by atomic mass is 10.1. The van der Waals surface area contributed by atoms with Crippen LogP contribution in [0.3, 0.4) is 0 Å². The predicted octanol–water partition coefficient (Wildman–Crippen LogP) is 4.14. The van der Waals surface area contributed by atoms with E-state index in [-0.39, 0.29) is 46.5 Å². The molecule has 0 amide bonds. The Balaban J connectivity index is 1.76. The standard InChI is InChI=1S/C25H23ClFN5O3S/c1-36(2,34,35)12-11-29-24-21(26)13-20(23(27)30-24)22-18-5-3-4-6-19(18)25(33)32(31-22)15-17-9-7-16(14-28)8-10-17/h3-10,13H,11-12,15H2,1-2H3,(H,29,30)(H,34,35). The van der Waals surface area contributed by atoms with Crippen molar-refractivity contribution in [2.45, 2.75) is 6.54 Å². The molecule has 2 N–H and O–H groups in total. The van der Waals surface area contributed by atoms with Gasteiger partial charge in [0.2, 0.25) is 5.95 Å². The summed E-state index contributed by atoms with van der Waals surface area (Å²) in [5.41, 5.74) is 1.08. The zero-order valence-corrected chi connectivity index (χ0v) is 21.1. The van der Waals surface area contributed by atoms with Crippen LogP contribution in [0.15, 0.2) is 59.4 Å². The van der Waals surface area contributed by atoms with Crippen molar-refractivity contribution in [2.75, 3.05) is 30.1 Å². The number of pyridine rings is 1. The number of nitrogens with one attached hydrogen (secondary N) is 1. The average molecular weight is 528 g/mol. The second-order valence-corrected chi connectivity index (χ2v) is 13.8. The number of hydrogen-bond acceptors (Lipinski definition) is 6. The van der Waals surface area contributed by atoms with E-state index in [0.717, 1.165) is 5.56 Å². The van der Waals surface area contributed by atoms with Crippen molar-refractivity contribution in [3.8, 4) is 17.3 Å². The van der Waals surface area contributed by atoms with Crippen LogP contribution in [-0.4, -0.2) is 48.3 Å². The number of anilines is 1. The summed E-state index contributed by atoms with van der Waals surface area (Å²) in [6.07, 6.45) is 2.50. The van der Waals surface area contributed by atoms with Gasteiger partial charge in [-0.1, -0.05) is 41.9 Å². The molecule has 36 heavy (non-hydrogen) atoms. The van der Waals surface area contributed by atoms with Gasteiger partial charge in [-0.3, -0.25) is 4.79 Å². The number of rotatable bonds is 7. The molecule has 0 fully saturated rings. The van der Waals surface area contributed by atoms with Gasteiger partial charge >= 0.3 is 0 Å². The molecule has 0 saturated carbocycles. The average Bonchev–Trinajstić information content (AvgIpc) is 2.82. The van der Waals surface area contributed by atoms with Crippen LogP contribution in [0.25, 0.3) is 22.0 Å². The molecule has 2 aromatic carbocycles. The smallest absolute Gasteiger partial charge is 0.274 e. The van der Waals surface area contributed by atoms with Crippen molar-refractivity contribution < 1.29 is 13.2 Å². The maximum absolute atomic E-state index is 15.3. The quantitative estimate of drug-likeness (QED) is 0.346. The van der Waals surface area contributed by atoms with Crippen LogP contribution in [0.5, 0.6) is 0 Å². The Kier molecular flexibility index (Phi) is 6.66. The van der Waals surface area contributed by atoms with E-state index >= 15 is 4.39 Å². The van der Waals surface area contributed by atoms with Crippen molar-refractivity contribution in [2.24, 2.45) is 0 Å². The van der Waals surface area contributed by atoms with Gasteiger partial charge in [0.25, 0.3) is 5.56 Å². The number of hydrogen-bond donors (Lipinski definition) is 2. The number of halogens is 2. The number of aromatic nitrogens is 3. The Labute approximate surface area is 211 Å². The minimum Gasteiger partial charge on any atom is -0.367 e. The van der Waals surface area contributed by atoms with Crippen LogP contribution < -0.4 is 10.9 Å². The second kappa shape index (κ2) is 9.43. The van der Waals surface area contributed by atoms with Gasteiger partial charge in [-0.2, -0.15) is 24.1 Å². The summed E-state index contributed by atoms with van der Waals surface area (Å²) in [5, 5.41) is 17.1. The Morgan fingerprint density at radius 3 is 2.47 bits per heavy atom. The summed E-state index contributed by atoms with van der Waals surface area (Å²) >= 11 is 6.37. The molecule has 11 heteroatoms. The molecular formula is C25H23ClFN5O3S. The summed E-state index contributed by atoms with van der Waals surface area (Å²) in [5.74, 6) is -0.895. The van der Waals surface area contributed by atoms with Gasteiger partial charge in [0.15, 0.2) is 0 Å². The van der Waals surface area contributed by atoms with Crippen LogP contribution in [0.1, 0.15) is 11.1 Å². The molecule has 0 atom stereocenters. The fraction of sp³-hybridized carbons (Fsp3) is 0.200. The van der Waals surface area contributed by atoms with E-state index in [1.807, 2.05) is 6.07 Å². The van der Waals surface area contributed by atoms with Crippen molar-refractivity contribution in [1.82, 2.24) is 14.8 Å². The molecule has 0 radical (unpaired) electrons. The van der Waals surface area contributed by atoms with E-state index in [1.165, 1.54) is 23.3 Å². The summed E-state index contributed by atoms with van der Waals surface area (Å²) in [6, 6.07) is 16.9. The van der Waals surface area contributed by atoms with Gasteiger partial charge in [-0.25, -0.2) is 13.9 Å². The summed E-state index contributed by atoms with van der Waals surface area (Å²) in [7, 11) is -3.74. The second-order valence-electron chi connectivity index (χ2n) is 8.96. The molecular weight excluding hydrogens is 505 g/mol. The Hall–Kier alpha value is -3.65. The zero-order valence-electron chi connectivity index (χ0n) is 19.5. The molecule has 4 aromatic rings. The number of nitrogens with zero attached hydrogens (tertiary/aromatic N) is 4. The lowest BCUT2D eigenvalue weighted by Crippen LogP contribution is -2.35. The van der Waals surface area contributed by atoms with Gasteiger partial charge in [0.1, 0.15) is 11.5 Å². The SMILES string of the molecule is CS(C)(=O)(O)CCNc1nc(F)c(-c2nn(Cc3ccc(C#N)cc3)c(=O)c3ccccc23)cc1Cl. The van der Waals surface area contributed by atoms with E-state index in [2.05, 4.69) is 15.4 Å². The first-order valence-corrected chi connectivity index (χ1v) is 14.1. The van der Waals surface area contributed by atoms with Gasteiger partial charge in [-0.05, 0) is 29.8 Å². The van der Waals surface area contributed by atoms with Gasteiger partial charge in [-0.15, -0.1) is 0 Å². The van der Waals surface area contributed by atoms with Gasteiger partial charge in [0, 0.05) is 24.4 Å². The van der Waals surface area contributed by atoms with Crippen LogP contribution in [0, 0.1) is 17.3 Å². The third-order valence-corrected chi connectivity index (χ3v) is 7.10. The predicted molar refractivity (Wildman–Crippen MR) is 140 cm³/mol. The van der Waals surface area contributed by atoms with Crippen molar-refractivity contribution in [3.05, 3.63) is 87.0 Å². The minimum atomic E-state index is -3.74. The lowest BCUT2D eigenvalue weighted by molar-refractivity contribution is 0.527. The largest absolute Gasteiger partial charge is 0.367 e. The van der Waals surface area contributed by atoms with E-state index in [0.29, 0.717) is 16.3 Å². The topological polar surface area (TPSA) is 121 Å². The molecule has 2 aromatic heterocycles. The first kappa shape index (κ1) is 25.4. The number of fused-ring (bicyclic) bond motifs is 1. The van der Waals surface area contributed by atoms with Crippen molar-refractivity contribution in [3.63, 3.8) is 0 Å². The molecule has 0 aliphatic heterocycles. The molecule has 0 spiro atoms. The Morgan fingerprint density at radius 2 is 1.83 bits per heavy atom. The van der Waals surface area contributed by atoms with E-state index in [1.54, 1.807) is 48.5 Å².